The van der Waals surface area contributed by atoms with Crippen LogP contribution in [0.15, 0.2) is 78.9 Å². The zero-order chi connectivity index (χ0) is 22.5. The number of hydroxylamine groups is 1. The Balaban J connectivity index is 1.62. The van der Waals surface area contributed by atoms with E-state index in [1.165, 1.54) is 4.90 Å². The highest BCUT2D eigenvalue weighted by Crippen LogP contribution is 2.55. The molecule has 6 heteroatoms. The Kier molecular flexibility index (Phi) is 4.75. The number of carbonyl (C=O) groups is 2. The van der Waals surface area contributed by atoms with Crippen LogP contribution in [0.3, 0.4) is 0 Å². The highest BCUT2D eigenvalue weighted by Gasteiger charge is 2.68. The highest BCUT2D eigenvalue weighted by molar-refractivity contribution is 6.25. The molecule has 0 aromatic heterocycles. The van der Waals surface area contributed by atoms with Gasteiger partial charge in [0.25, 0.3) is 5.91 Å². The Bertz CT molecular complexity index is 1160. The molecule has 0 saturated carbocycles. The van der Waals surface area contributed by atoms with E-state index >= 15 is 0 Å². The largest absolute Gasteiger partial charge is 0.497 e. The van der Waals surface area contributed by atoms with Crippen LogP contribution in [0.2, 0.25) is 0 Å². The normalized spacial score (nSPS) is 24.7. The second-order valence-electron chi connectivity index (χ2n) is 8.42. The predicted octanol–water partition coefficient (Wildman–Crippen LogP) is 4.44. The number of benzene rings is 3. The van der Waals surface area contributed by atoms with Gasteiger partial charge in [-0.15, -0.1) is 0 Å². The van der Waals surface area contributed by atoms with Crippen molar-refractivity contribution in [1.29, 1.82) is 0 Å². The molecule has 2 amide bonds. The second-order valence-corrected chi connectivity index (χ2v) is 8.42. The number of ether oxygens (including phenoxy) is 1. The molecule has 3 atom stereocenters. The Hall–Kier alpha value is -3.64. The molecule has 0 bridgehead atoms. The summed E-state index contributed by atoms with van der Waals surface area (Å²) in [4.78, 5) is 34.9. The Morgan fingerprint density at radius 2 is 1.53 bits per heavy atom. The van der Waals surface area contributed by atoms with Crippen LogP contribution in [0.25, 0.3) is 0 Å². The molecule has 6 nitrogen and oxygen atoms in total. The first kappa shape index (κ1) is 20.3. The SMILES string of the molecule is COc1ccc([C@@H]2N(c3ccccc3)O[C@@H]3C(=O)N(c4ccc(C)cc4)C(=O)[C@@]32C)cc1. The van der Waals surface area contributed by atoms with E-state index in [1.54, 1.807) is 24.3 Å². The lowest BCUT2D eigenvalue weighted by Gasteiger charge is -2.32. The van der Waals surface area contributed by atoms with Gasteiger partial charge in [-0.25, -0.2) is 9.96 Å². The van der Waals surface area contributed by atoms with Gasteiger partial charge in [0.1, 0.15) is 11.2 Å². The van der Waals surface area contributed by atoms with E-state index in [-0.39, 0.29) is 11.8 Å². The lowest BCUT2D eigenvalue weighted by Crippen LogP contribution is -2.41. The molecule has 3 aromatic carbocycles. The summed E-state index contributed by atoms with van der Waals surface area (Å²) in [6.07, 6.45) is -0.927. The number of aryl methyl sites for hydroxylation is 1. The van der Waals surface area contributed by atoms with Crippen molar-refractivity contribution >= 4 is 23.2 Å². The molecule has 0 spiro atoms. The number of imide groups is 1. The van der Waals surface area contributed by atoms with Crippen LogP contribution >= 0.6 is 0 Å². The second kappa shape index (κ2) is 7.50. The molecule has 162 valence electrons. The van der Waals surface area contributed by atoms with Gasteiger partial charge in [-0.05, 0) is 55.8 Å². The third-order valence-corrected chi connectivity index (χ3v) is 6.41. The van der Waals surface area contributed by atoms with E-state index < -0.39 is 17.6 Å². The number of nitrogens with zero attached hydrogens (tertiary/aromatic N) is 2. The van der Waals surface area contributed by atoms with Crippen LogP contribution in [0.1, 0.15) is 24.1 Å². The molecule has 2 heterocycles. The lowest BCUT2D eigenvalue weighted by atomic mass is 9.76. The Morgan fingerprint density at radius 1 is 0.875 bits per heavy atom. The van der Waals surface area contributed by atoms with E-state index in [0.29, 0.717) is 5.69 Å². The van der Waals surface area contributed by atoms with Crippen LogP contribution in [0.4, 0.5) is 11.4 Å². The van der Waals surface area contributed by atoms with Crippen molar-refractivity contribution < 1.29 is 19.2 Å². The van der Waals surface area contributed by atoms with Gasteiger partial charge in [0, 0.05) is 0 Å². The first-order valence-corrected chi connectivity index (χ1v) is 10.5. The van der Waals surface area contributed by atoms with E-state index in [0.717, 1.165) is 22.6 Å². The molecule has 32 heavy (non-hydrogen) atoms. The van der Waals surface area contributed by atoms with Crippen molar-refractivity contribution in [1.82, 2.24) is 0 Å². The number of fused-ring (bicyclic) bond motifs is 1. The number of methoxy groups -OCH3 is 1. The summed E-state index contributed by atoms with van der Waals surface area (Å²) >= 11 is 0. The number of amides is 2. The molecule has 2 aliphatic rings. The van der Waals surface area contributed by atoms with E-state index in [2.05, 4.69) is 0 Å². The minimum atomic E-state index is -1.10. The minimum Gasteiger partial charge on any atom is -0.497 e. The molecule has 0 aliphatic carbocycles. The fraction of sp³-hybridized carbons (Fsp3) is 0.231. The first-order valence-electron chi connectivity index (χ1n) is 10.5. The topological polar surface area (TPSA) is 59.1 Å². The fourth-order valence-electron chi connectivity index (χ4n) is 4.65. The highest BCUT2D eigenvalue weighted by atomic mass is 16.7. The summed E-state index contributed by atoms with van der Waals surface area (Å²) in [6.45, 7) is 3.79. The van der Waals surface area contributed by atoms with Gasteiger partial charge in [0.05, 0.1) is 24.5 Å². The number of anilines is 2. The van der Waals surface area contributed by atoms with Crippen LogP contribution in [0.5, 0.6) is 5.75 Å². The lowest BCUT2D eigenvalue weighted by molar-refractivity contribution is -0.128. The number of hydrogen-bond acceptors (Lipinski definition) is 5. The summed E-state index contributed by atoms with van der Waals surface area (Å²) in [5.41, 5.74) is 2.16. The number of rotatable bonds is 4. The van der Waals surface area contributed by atoms with E-state index in [1.807, 2.05) is 80.6 Å². The molecule has 2 saturated heterocycles. The van der Waals surface area contributed by atoms with Gasteiger partial charge < -0.3 is 4.74 Å². The number of carbonyl (C=O) groups excluding carboxylic acids is 2. The van der Waals surface area contributed by atoms with Crippen molar-refractivity contribution in [2.75, 3.05) is 17.1 Å². The van der Waals surface area contributed by atoms with Crippen molar-refractivity contribution in [3.63, 3.8) is 0 Å². The number of para-hydroxylation sites is 1. The maximum absolute atomic E-state index is 13.9. The zero-order valence-corrected chi connectivity index (χ0v) is 18.2. The van der Waals surface area contributed by atoms with Crippen molar-refractivity contribution in [2.24, 2.45) is 5.41 Å². The summed E-state index contributed by atoms with van der Waals surface area (Å²) < 4.78 is 5.30. The summed E-state index contributed by atoms with van der Waals surface area (Å²) in [6, 6.07) is 24.0. The van der Waals surface area contributed by atoms with Gasteiger partial charge >= 0.3 is 0 Å². The molecule has 0 radical (unpaired) electrons. The summed E-state index contributed by atoms with van der Waals surface area (Å²) in [5, 5.41) is 1.70. The van der Waals surface area contributed by atoms with Gasteiger partial charge in [0.15, 0.2) is 6.10 Å². The van der Waals surface area contributed by atoms with Crippen LogP contribution in [-0.4, -0.2) is 25.0 Å². The molecule has 3 aromatic rings. The Labute approximate surface area is 186 Å². The van der Waals surface area contributed by atoms with Gasteiger partial charge in [0.2, 0.25) is 5.91 Å². The molecule has 5 rings (SSSR count). The number of hydrogen-bond donors (Lipinski definition) is 0. The van der Waals surface area contributed by atoms with Crippen LogP contribution in [-0.2, 0) is 14.4 Å². The summed E-state index contributed by atoms with van der Waals surface area (Å²) in [7, 11) is 1.61. The summed E-state index contributed by atoms with van der Waals surface area (Å²) in [5.74, 6) is 0.102. The van der Waals surface area contributed by atoms with E-state index in [9.17, 15) is 9.59 Å². The standard InChI is InChI=1S/C26H24N2O4/c1-17-9-13-19(14-10-17)27-24(29)23-26(2,25(27)30)22(18-11-15-21(31-3)16-12-18)28(32-23)20-7-5-4-6-8-20/h4-16,22-23H,1-3H3/t22-,23+,26+/m0/s1. The Morgan fingerprint density at radius 3 is 2.16 bits per heavy atom. The monoisotopic (exact) mass is 428 g/mol. The predicted molar refractivity (Wildman–Crippen MR) is 121 cm³/mol. The van der Waals surface area contributed by atoms with Crippen LogP contribution in [0, 0.1) is 12.3 Å². The average molecular weight is 428 g/mol. The minimum absolute atomic E-state index is 0.268. The van der Waals surface area contributed by atoms with Crippen molar-refractivity contribution in [3.8, 4) is 5.75 Å². The average Bonchev–Trinajstić information content (AvgIpc) is 3.23. The van der Waals surface area contributed by atoms with Crippen molar-refractivity contribution in [3.05, 3.63) is 90.0 Å². The van der Waals surface area contributed by atoms with Crippen LogP contribution < -0.4 is 14.7 Å². The maximum Gasteiger partial charge on any atom is 0.266 e. The molecule has 0 N–H and O–H groups in total. The van der Waals surface area contributed by atoms with Gasteiger partial charge in [-0.2, -0.15) is 0 Å². The zero-order valence-electron chi connectivity index (χ0n) is 18.2. The smallest absolute Gasteiger partial charge is 0.266 e. The van der Waals surface area contributed by atoms with Gasteiger partial charge in [-0.1, -0.05) is 48.0 Å². The maximum atomic E-state index is 13.9. The van der Waals surface area contributed by atoms with E-state index in [4.69, 9.17) is 9.57 Å². The van der Waals surface area contributed by atoms with Crippen molar-refractivity contribution in [2.45, 2.75) is 26.0 Å². The molecular weight excluding hydrogens is 404 g/mol. The molecular formula is C26H24N2O4. The molecule has 2 aliphatic heterocycles. The van der Waals surface area contributed by atoms with Gasteiger partial charge in [-0.3, -0.25) is 14.4 Å². The molecule has 0 unspecified atom stereocenters. The molecule has 2 fully saturated rings. The fourth-order valence-corrected chi connectivity index (χ4v) is 4.65. The third kappa shape index (κ3) is 2.91. The first-order chi connectivity index (χ1) is 15.4. The third-order valence-electron chi connectivity index (χ3n) is 6.41. The quantitative estimate of drug-likeness (QED) is 0.575.